The molecule has 0 radical (unpaired) electrons. The lowest BCUT2D eigenvalue weighted by molar-refractivity contribution is 0.445. The van der Waals surface area contributed by atoms with Crippen molar-refractivity contribution in [2.24, 2.45) is 5.92 Å². The van der Waals surface area contributed by atoms with E-state index in [1.807, 2.05) is 0 Å². The van der Waals surface area contributed by atoms with Gasteiger partial charge in [-0.25, -0.2) is 0 Å². The van der Waals surface area contributed by atoms with Gasteiger partial charge in [0.25, 0.3) is 0 Å². The first kappa shape index (κ1) is 13.5. The topological polar surface area (TPSA) is 12.0 Å². The quantitative estimate of drug-likeness (QED) is 0.746. The first-order valence-electron chi connectivity index (χ1n) is 5.96. The van der Waals surface area contributed by atoms with Crippen LogP contribution in [0, 0.1) is 12.8 Å². The number of benzene rings is 1. The minimum absolute atomic E-state index is 0.419. The molecule has 0 heterocycles. The van der Waals surface area contributed by atoms with Gasteiger partial charge in [0.15, 0.2) is 0 Å². The third kappa shape index (κ3) is 5.00. The third-order valence-corrected chi connectivity index (χ3v) is 2.99. The van der Waals surface area contributed by atoms with Gasteiger partial charge in [-0.05, 0) is 24.8 Å². The van der Waals surface area contributed by atoms with Crippen molar-refractivity contribution >= 4 is 11.6 Å². The summed E-state index contributed by atoms with van der Waals surface area (Å²) in [6.07, 6.45) is 1.13. The van der Waals surface area contributed by atoms with Gasteiger partial charge in [-0.2, -0.15) is 0 Å². The van der Waals surface area contributed by atoms with Gasteiger partial charge in [0.2, 0.25) is 0 Å². The molecule has 1 aromatic carbocycles. The molecule has 1 atom stereocenters. The van der Waals surface area contributed by atoms with Gasteiger partial charge in [-0.1, -0.05) is 43.7 Å². The Kier molecular flexibility index (Phi) is 5.86. The molecule has 2 heteroatoms. The fraction of sp³-hybridized carbons (Fsp3) is 0.571. The summed E-state index contributed by atoms with van der Waals surface area (Å²) >= 11 is 5.95. The molecule has 0 fully saturated rings. The lowest BCUT2D eigenvalue weighted by Crippen LogP contribution is -2.31. The standard InChI is InChI=1S/C14H22ClN/c1-11(2)7-14(9-15)16-10-13-6-4-5-12(3)8-13/h4-6,8,11,14,16H,7,9-10H2,1-3H3. The maximum absolute atomic E-state index is 5.95. The minimum atomic E-state index is 0.419. The van der Waals surface area contributed by atoms with Crippen molar-refractivity contribution in [3.05, 3.63) is 35.4 Å². The molecule has 0 spiro atoms. The predicted octanol–water partition coefficient (Wildman–Crippen LogP) is 3.74. The van der Waals surface area contributed by atoms with Crippen LogP contribution in [0.4, 0.5) is 0 Å². The molecular weight excluding hydrogens is 218 g/mol. The highest BCUT2D eigenvalue weighted by molar-refractivity contribution is 6.18. The summed E-state index contributed by atoms with van der Waals surface area (Å²) in [7, 11) is 0. The highest BCUT2D eigenvalue weighted by Crippen LogP contribution is 2.08. The summed E-state index contributed by atoms with van der Waals surface area (Å²) in [6.45, 7) is 7.49. The number of nitrogens with one attached hydrogen (secondary N) is 1. The van der Waals surface area contributed by atoms with Crippen LogP contribution in [0.3, 0.4) is 0 Å². The van der Waals surface area contributed by atoms with Gasteiger partial charge in [0.05, 0.1) is 0 Å². The number of alkyl halides is 1. The van der Waals surface area contributed by atoms with Crippen LogP contribution in [0.1, 0.15) is 31.4 Å². The lowest BCUT2D eigenvalue weighted by atomic mass is 10.0. The summed E-state index contributed by atoms with van der Waals surface area (Å²) < 4.78 is 0. The molecule has 1 unspecified atom stereocenters. The zero-order chi connectivity index (χ0) is 12.0. The Bertz CT molecular complexity index is 309. The van der Waals surface area contributed by atoms with Crippen LogP contribution < -0.4 is 5.32 Å². The highest BCUT2D eigenvalue weighted by atomic mass is 35.5. The average molecular weight is 240 g/mol. The van der Waals surface area contributed by atoms with Crippen LogP contribution in [0.5, 0.6) is 0 Å². The molecule has 0 saturated heterocycles. The van der Waals surface area contributed by atoms with Gasteiger partial charge >= 0.3 is 0 Å². The fourth-order valence-electron chi connectivity index (χ4n) is 1.85. The number of hydrogen-bond acceptors (Lipinski definition) is 1. The summed E-state index contributed by atoms with van der Waals surface area (Å²) in [5, 5.41) is 3.51. The average Bonchev–Trinajstić information content (AvgIpc) is 2.24. The molecule has 1 rings (SSSR count). The maximum Gasteiger partial charge on any atom is 0.0377 e. The van der Waals surface area contributed by atoms with Gasteiger partial charge in [0.1, 0.15) is 0 Å². The second-order valence-electron chi connectivity index (χ2n) is 4.85. The number of aryl methyl sites for hydroxylation is 1. The molecule has 0 aliphatic rings. The summed E-state index contributed by atoms with van der Waals surface area (Å²) in [5.74, 6) is 1.37. The van der Waals surface area contributed by atoms with E-state index in [2.05, 4.69) is 50.4 Å². The van der Waals surface area contributed by atoms with E-state index in [1.165, 1.54) is 11.1 Å². The van der Waals surface area contributed by atoms with Crippen LogP contribution in [-0.2, 0) is 6.54 Å². The van der Waals surface area contributed by atoms with Gasteiger partial charge < -0.3 is 5.32 Å². The number of halogens is 1. The molecule has 0 saturated carbocycles. The first-order valence-corrected chi connectivity index (χ1v) is 6.50. The van der Waals surface area contributed by atoms with Crippen LogP contribution in [0.2, 0.25) is 0 Å². The van der Waals surface area contributed by atoms with E-state index in [0.717, 1.165) is 13.0 Å². The van der Waals surface area contributed by atoms with Gasteiger partial charge in [-0.15, -0.1) is 11.6 Å². The third-order valence-electron chi connectivity index (χ3n) is 2.62. The Morgan fingerprint density at radius 3 is 2.62 bits per heavy atom. The molecule has 0 aliphatic heterocycles. The first-order chi connectivity index (χ1) is 7.61. The Labute approximate surface area is 104 Å². The number of rotatable bonds is 6. The Balaban J connectivity index is 2.43. The molecular formula is C14H22ClN. The van der Waals surface area contributed by atoms with Crippen LogP contribution in [0.15, 0.2) is 24.3 Å². The highest BCUT2D eigenvalue weighted by Gasteiger charge is 2.08. The van der Waals surface area contributed by atoms with Crippen LogP contribution >= 0.6 is 11.6 Å². The van der Waals surface area contributed by atoms with Crippen LogP contribution in [0.25, 0.3) is 0 Å². The zero-order valence-electron chi connectivity index (χ0n) is 10.5. The number of hydrogen-bond donors (Lipinski definition) is 1. The van der Waals surface area contributed by atoms with Gasteiger partial charge in [-0.3, -0.25) is 0 Å². The Hall–Kier alpha value is -0.530. The smallest absolute Gasteiger partial charge is 0.0377 e. The van der Waals surface area contributed by atoms with Crippen molar-refractivity contribution in [1.29, 1.82) is 0 Å². The molecule has 0 aromatic heterocycles. The van der Waals surface area contributed by atoms with Crippen LogP contribution in [-0.4, -0.2) is 11.9 Å². The minimum Gasteiger partial charge on any atom is -0.309 e. The monoisotopic (exact) mass is 239 g/mol. The van der Waals surface area contributed by atoms with Crippen molar-refractivity contribution < 1.29 is 0 Å². The maximum atomic E-state index is 5.95. The van der Waals surface area contributed by atoms with E-state index in [0.29, 0.717) is 17.8 Å². The van der Waals surface area contributed by atoms with Crippen molar-refractivity contribution in [2.75, 3.05) is 5.88 Å². The molecule has 1 N–H and O–H groups in total. The lowest BCUT2D eigenvalue weighted by Gasteiger charge is -2.18. The summed E-state index contributed by atoms with van der Waals surface area (Å²) in [5.41, 5.74) is 2.64. The van der Waals surface area contributed by atoms with Crippen molar-refractivity contribution in [1.82, 2.24) is 5.32 Å². The predicted molar refractivity (Wildman–Crippen MR) is 72.0 cm³/mol. The molecule has 1 nitrogen and oxygen atoms in total. The summed E-state index contributed by atoms with van der Waals surface area (Å²) in [4.78, 5) is 0. The second-order valence-corrected chi connectivity index (χ2v) is 5.16. The molecule has 0 aliphatic carbocycles. The SMILES string of the molecule is Cc1cccc(CNC(CCl)CC(C)C)c1. The zero-order valence-corrected chi connectivity index (χ0v) is 11.2. The van der Waals surface area contributed by atoms with E-state index in [1.54, 1.807) is 0 Å². The van der Waals surface area contributed by atoms with E-state index < -0.39 is 0 Å². The Morgan fingerprint density at radius 1 is 1.31 bits per heavy atom. The van der Waals surface area contributed by atoms with Crippen molar-refractivity contribution in [3.8, 4) is 0 Å². The second kappa shape index (κ2) is 6.93. The molecule has 1 aromatic rings. The molecule has 90 valence electrons. The normalized spacial score (nSPS) is 13.1. The molecule has 0 bridgehead atoms. The van der Waals surface area contributed by atoms with E-state index in [-0.39, 0.29) is 0 Å². The summed E-state index contributed by atoms with van der Waals surface area (Å²) in [6, 6.07) is 9.01. The van der Waals surface area contributed by atoms with E-state index in [4.69, 9.17) is 11.6 Å². The van der Waals surface area contributed by atoms with E-state index >= 15 is 0 Å². The van der Waals surface area contributed by atoms with E-state index in [9.17, 15) is 0 Å². The molecule has 0 amide bonds. The van der Waals surface area contributed by atoms with Crippen molar-refractivity contribution in [2.45, 2.75) is 39.8 Å². The fourth-order valence-corrected chi connectivity index (χ4v) is 2.09. The van der Waals surface area contributed by atoms with Gasteiger partial charge in [0, 0.05) is 18.5 Å². The van der Waals surface area contributed by atoms with Crippen molar-refractivity contribution in [3.63, 3.8) is 0 Å². The molecule has 16 heavy (non-hydrogen) atoms. The largest absolute Gasteiger partial charge is 0.309 e. The Morgan fingerprint density at radius 2 is 2.06 bits per heavy atom.